The molecule has 2 N–H and O–H groups in total. The van der Waals surface area contributed by atoms with Gasteiger partial charge in [-0.1, -0.05) is 30.3 Å². The highest BCUT2D eigenvalue weighted by molar-refractivity contribution is 5.29. The zero-order chi connectivity index (χ0) is 9.26. The molecule has 0 spiro atoms. The van der Waals surface area contributed by atoms with Gasteiger partial charge in [-0.05, 0) is 12.1 Å². The molecule has 70 valence electrons. The molecule has 1 fully saturated rings. The van der Waals surface area contributed by atoms with Gasteiger partial charge in [0.25, 0.3) is 0 Å². The van der Waals surface area contributed by atoms with Crippen LogP contribution < -0.4 is 5.73 Å². The third kappa shape index (κ3) is 1.47. The van der Waals surface area contributed by atoms with Crippen LogP contribution >= 0.6 is 0 Å². The Morgan fingerprint density at radius 1 is 1.31 bits per heavy atom. The second kappa shape index (κ2) is 3.48. The summed E-state index contributed by atoms with van der Waals surface area (Å²) in [5.41, 5.74) is 7.00. The molecule has 2 heteroatoms. The van der Waals surface area contributed by atoms with E-state index in [0.717, 1.165) is 6.54 Å². The van der Waals surface area contributed by atoms with Gasteiger partial charge in [0, 0.05) is 18.9 Å². The normalized spacial score (nSPS) is 31.7. The van der Waals surface area contributed by atoms with Crippen LogP contribution in [-0.2, 0) is 4.74 Å². The summed E-state index contributed by atoms with van der Waals surface area (Å²) in [5, 5.41) is 0. The molecule has 2 nitrogen and oxygen atoms in total. The number of rotatable bonds is 3. The molecule has 1 aliphatic rings. The average Bonchev–Trinajstić information content (AvgIpc) is 2.92. The van der Waals surface area contributed by atoms with Gasteiger partial charge in [0.2, 0.25) is 0 Å². The molecule has 13 heavy (non-hydrogen) atoms. The number of nitrogens with two attached hydrogens (primary N) is 1. The van der Waals surface area contributed by atoms with Gasteiger partial charge in [-0.25, -0.2) is 0 Å². The number of hydrogen-bond acceptors (Lipinski definition) is 2. The summed E-state index contributed by atoms with van der Waals surface area (Å²) >= 11 is 0. The van der Waals surface area contributed by atoms with Crippen LogP contribution in [0.4, 0.5) is 0 Å². The molecule has 0 saturated heterocycles. The summed E-state index contributed by atoms with van der Waals surface area (Å²) in [7, 11) is 1.76. The van der Waals surface area contributed by atoms with E-state index in [0.29, 0.717) is 17.9 Å². The first-order valence-corrected chi connectivity index (χ1v) is 4.66. The SMILES string of the molecule is CO[C@H]1[C@H](CN)[C@H]1c1ccccc1. The minimum atomic E-state index is 0.340. The van der Waals surface area contributed by atoms with Gasteiger partial charge in [-0.15, -0.1) is 0 Å². The summed E-state index contributed by atoms with van der Waals surface area (Å²) in [6, 6.07) is 10.5. The number of hydrogen-bond donors (Lipinski definition) is 1. The zero-order valence-corrected chi connectivity index (χ0v) is 7.81. The molecule has 1 aliphatic carbocycles. The monoisotopic (exact) mass is 177 g/mol. The average molecular weight is 177 g/mol. The molecular formula is C11H15NO. The van der Waals surface area contributed by atoms with Crippen molar-refractivity contribution in [3.63, 3.8) is 0 Å². The number of methoxy groups -OCH3 is 1. The highest BCUT2D eigenvalue weighted by atomic mass is 16.5. The fourth-order valence-electron chi connectivity index (χ4n) is 2.06. The van der Waals surface area contributed by atoms with Crippen molar-refractivity contribution < 1.29 is 4.74 Å². The molecule has 0 bridgehead atoms. The van der Waals surface area contributed by atoms with Crippen LogP contribution in [0.25, 0.3) is 0 Å². The van der Waals surface area contributed by atoms with E-state index in [-0.39, 0.29) is 0 Å². The van der Waals surface area contributed by atoms with Gasteiger partial charge in [0.1, 0.15) is 0 Å². The van der Waals surface area contributed by atoms with Crippen molar-refractivity contribution in [2.45, 2.75) is 12.0 Å². The maximum absolute atomic E-state index is 5.65. The molecule has 3 atom stereocenters. The van der Waals surface area contributed by atoms with Gasteiger partial charge in [-0.3, -0.25) is 0 Å². The summed E-state index contributed by atoms with van der Waals surface area (Å²) in [6.07, 6.45) is 0.340. The van der Waals surface area contributed by atoms with Crippen molar-refractivity contribution in [1.29, 1.82) is 0 Å². The van der Waals surface area contributed by atoms with E-state index in [1.165, 1.54) is 5.56 Å². The van der Waals surface area contributed by atoms with Crippen LogP contribution in [0, 0.1) is 5.92 Å². The van der Waals surface area contributed by atoms with Gasteiger partial charge < -0.3 is 10.5 Å². The molecule has 0 radical (unpaired) electrons. The molecule has 0 amide bonds. The summed E-state index contributed by atoms with van der Waals surface area (Å²) in [4.78, 5) is 0. The van der Waals surface area contributed by atoms with Crippen molar-refractivity contribution in [3.8, 4) is 0 Å². The van der Waals surface area contributed by atoms with Gasteiger partial charge in [0.05, 0.1) is 6.10 Å². The maximum atomic E-state index is 5.65. The first-order valence-electron chi connectivity index (χ1n) is 4.66. The molecule has 1 saturated carbocycles. The Morgan fingerprint density at radius 3 is 2.46 bits per heavy atom. The highest BCUT2D eigenvalue weighted by Crippen LogP contribution is 2.48. The van der Waals surface area contributed by atoms with E-state index in [2.05, 4.69) is 24.3 Å². The predicted octanol–water partition coefficient (Wildman–Crippen LogP) is 1.37. The summed E-state index contributed by atoms with van der Waals surface area (Å²) in [5.74, 6) is 1.04. The number of benzene rings is 1. The Morgan fingerprint density at radius 2 is 2.00 bits per heavy atom. The van der Waals surface area contributed by atoms with Crippen LogP contribution in [0.5, 0.6) is 0 Å². The molecule has 1 aromatic carbocycles. The van der Waals surface area contributed by atoms with Crippen LogP contribution in [0.3, 0.4) is 0 Å². The molecule has 1 aromatic rings. The quantitative estimate of drug-likeness (QED) is 0.757. The lowest BCUT2D eigenvalue weighted by molar-refractivity contribution is 0.167. The van der Waals surface area contributed by atoms with E-state index < -0.39 is 0 Å². The van der Waals surface area contributed by atoms with Crippen LogP contribution in [0.2, 0.25) is 0 Å². The van der Waals surface area contributed by atoms with Crippen molar-refractivity contribution in [1.82, 2.24) is 0 Å². The Hall–Kier alpha value is -0.860. The van der Waals surface area contributed by atoms with Gasteiger partial charge in [-0.2, -0.15) is 0 Å². The fraction of sp³-hybridized carbons (Fsp3) is 0.455. The molecule has 0 unspecified atom stereocenters. The van der Waals surface area contributed by atoms with Gasteiger partial charge >= 0.3 is 0 Å². The molecule has 2 rings (SSSR count). The highest BCUT2D eigenvalue weighted by Gasteiger charge is 2.50. The molecular weight excluding hydrogens is 162 g/mol. The largest absolute Gasteiger partial charge is 0.380 e. The van der Waals surface area contributed by atoms with E-state index >= 15 is 0 Å². The van der Waals surface area contributed by atoms with Crippen molar-refractivity contribution in [2.75, 3.05) is 13.7 Å². The smallest absolute Gasteiger partial charge is 0.0690 e. The molecule has 0 aliphatic heterocycles. The lowest BCUT2D eigenvalue weighted by Gasteiger charge is -1.97. The molecule has 0 aromatic heterocycles. The standard InChI is InChI=1S/C11H15NO/c1-13-11-9(7-12)10(11)8-5-3-2-4-6-8/h2-6,9-11H,7,12H2,1H3/t9-,10-,11+/m1/s1. The minimum Gasteiger partial charge on any atom is -0.380 e. The van der Waals surface area contributed by atoms with Crippen molar-refractivity contribution in [3.05, 3.63) is 35.9 Å². The summed E-state index contributed by atoms with van der Waals surface area (Å²) in [6.45, 7) is 0.720. The van der Waals surface area contributed by atoms with Crippen molar-refractivity contribution in [2.24, 2.45) is 11.7 Å². The van der Waals surface area contributed by atoms with E-state index in [9.17, 15) is 0 Å². The molecule has 0 heterocycles. The topological polar surface area (TPSA) is 35.2 Å². The van der Waals surface area contributed by atoms with Crippen LogP contribution in [0.15, 0.2) is 30.3 Å². The van der Waals surface area contributed by atoms with Crippen LogP contribution in [0.1, 0.15) is 11.5 Å². The number of ether oxygens (including phenoxy) is 1. The fourth-order valence-corrected chi connectivity index (χ4v) is 2.06. The first-order chi connectivity index (χ1) is 6.38. The van der Waals surface area contributed by atoms with E-state index in [4.69, 9.17) is 10.5 Å². The summed E-state index contributed by atoms with van der Waals surface area (Å²) < 4.78 is 5.35. The third-order valence-electron chi connectivity index (χ3n) is 2.83. The van der Waals surface area contributed by atoms with Gasteiger partial charge in [0.15, 0.2) is 0 Å². The second-order valence-electron chi connectivity index (χ2n) is 3.54. The minimum absolute atomic E-state index is 0.340. The predicted molar refractivity (Wildman–Crippen MR) is 52.5 cm³/mol. The zero-order valence-electron chi connectivity index (χ0n) is 7.81. The first kappa shape index (κ1) is 8.73. The second-order valence-corrected chi connectivity index (χ2v) is 3.54. The Balaban J connectivity index is 2.12. The maximum Gasteiger partial charge on any atom is 0.0690 e. The Bertz CT molecular complexity index is 263. The van der Waals surface area contributed by atoms with E-state index in [1.807, 2.05) is 6.07 Å². The van der Waals surface area contributed by atoms with E-state index in [1.54, 1.807) is 7.11 Å². The lowest BCUT2D eigenvalue weighted by atomic mass is 10.1. The Labute approximate surface area is 78.7 Å². The lowest BCUT2D eigenvalue weighted by Crippen LogP contribution is -2.05. The third-order valence-corrected chi connectivity index (χ3v) is 2.83. The van der Waals surface area contributed by atoms with Crippen molar-refractivity contribution >= 4 is 0 Å². The van der Waals surface area contributed by atoms with Crippen LogP contribution in [-0.4, -0.2) is 19.8 Å². The Kier molecular flexibility index (Phi) is 2.34.